The number of nitrogens with zero attached hydrogens (tertiary/aromatic N) is 1. The molecule has 1 fully saturated rings. The Kier molecular flexibility index (Phi) is 6.32. The monoisotopic (exact) mass is 407 g/mol. The summed E-state index contributed by atoms with van der Waals surface area (Å²) in [6, 6.07) is 18.4. The van der Waals surface area contributed by atoms with E-state index in [4.69, 9.17) is 9.72 Å². The van der Waals surface area contributed by atoms with Crippen LogP contribution in [0.2, 0.25) is 0 Å². The third-order valence-electron chi connectivity index (χ3n) is 4.92. The Hall–Kier alpha value is -2.57. The summed E-state index contributed by atoms with van der Waals surface area (Å²) in [4.78, 5) is 20.6. The van der Waals surface area contributed by atoms with E-state index >= 15 is 0 Å². The molecule has 2 N–H and O–H groups in total. The number of thioether (sulfide) groups is 1. The smallest absolute Gasteiger partial charge is 0.230 e. The molecule has 0 spiro atoms. The van der Waals surface area contributed by atoms with Crippen molar-refractivity contribution in [2.45, 2.75) is 30.9 Å². The summed E-state index contributed by atoms with van der Waals surface area (Å²) < 4.78 is 5.57. The van der Waals surface area contributed by atoms with E-state index in [1.165, 1.54) is 17.3 Å². The van der Waals surface area contributed by atoms with Crippen LogP contribution in [0.25, 0.3) is 22.6 Å². The van der Waals surface area contributed by atoms with E-state index in [0.29, 0.717) is 12.3 Å². The molecule has 0 radical (unpaired) electrons. The van der Waals surface area contributed by atoms with Crippen LogP contribution in [0.5, 0.6) is 0 Å². The quantitative estimate of drug-likeness (QED) is 0.568. The van der Waals surface area contributed by atoms with Crippen LogP contribution in [0.4, 0.5) is 0 Å². The molecule has 6 heteroatoms. The van der Waals surface area contributed by atoms with Gasteiger partial charge in [0.05, 0.1) is 17.6 Å². The lowest BCUT2D eigenvalue weighted by Crippen LogP contribution is -2.32. The van der Waals surface area contributed by atoms with E-state index in [0.717, 1.165) is 47.1 Å². The van der Waals surface area contributed by atoms with E-state index in [1.807, 2.05) is 30.3 Å². The molecule has 1 aromatic heterocycles. The molecule has 5 nitrogen and oxygen atoms in total. The maximum atomic E-state index is 12.3. The molecule has 4 rings (SSSR count). The summed E-state index contributed by atoms with van der Waals surface area (Å²) in [7, 11) is 0. The number of H-pyrrole nitrogens is 1. The molecular formula is C23H25N3O2S. The standard InChI is InChI=1S/C23H25N3O2S/c1-16-7-5-10-18(13-16)22-25-21(17-8-3-2-4-9-17)23(26-22)29-15-20(27)24-14-19-11-6-12-28-19/h2-5,7-10,13,19H,6,11-12,14-15H2,1H3,(H,24,27)(H,25,26)/t19-/m1/s1. The normalized spacial score (nSPS) is 16.1. The average Bonchev–Trinajstić information content (AvgIpc) is 3.41. The fraction of sp³-hybridized carbons (Fsp3) is 0.304. The van der Waals surface area contributed by atoms with Crippen molar-refractivity contribution in [1.82, 2.24) is 15.3 Å². The van der Waals surface area contributed by atoms with Gasteiger partial charge in [-0.25, -0.2) is 4.98 Å². The van der Waals surface area contributed by atoms with Crippen LogP contribution in [-0.4, -0.2) is 40.9 Å². The number of hydrogen-bond acceptors (Lipinski definition) is 4. The summed E-state index contributed by atoms with van der Waals surface area (Å²) in [5, 5.41) is 3.81. The van der Waals surface area contributed by atoms with Gasteiger partial charge in [-0.2, -0.15) is 0 Å². The minimum atomic E-state index is 0.00428. The first-order valence-electron chi connectivity index (χ1n) is 9.92. The fourth-order valence-corrected chi connectivity index (χ4v) is 4.25. The van der Waals surface area contributed by atoms with E-state index in [2.05, 4.69) is 41.5 Å². The van der Waals surface area contributed by atoms with Gasteiger partial charge in [0, 0.05) is 24.3 Å². The van der Waals surface area contributed by atoms with Crippen molar-refractivity contribution in [2.75, 3.05) is 18.9 Å². The summed E-state index contributed by atoms with van der Waals surface area (Å²) in [5.41, 5.74) is 4.22. The van der Waals surface area contributed by atoms with Gasteiger partial charge in [0.15, 0.2) is 0 Å². The highest BCUT2D eigenvalue weighted by Gasteiger charge is 2.18. The molecule has 1 amide bonds. The Bertz CT molecular complexity index is 965. The number of nitrogens with one attached hydrogen (secondary N) is 2. The second kappa shape index (κ2) is 9.29. The van der Waals surface area contributed by atoms with Crippen LogP contribution in [-0.2, 0) is 9.53 Å². The SMILES string of the molecule is Cc1cccc(-c2nc(SCC(=O)NC[C@H]3CCCO3)c(-c3ccccc3)[nH]2)c1. The number of hydrogen-bond donors (Lipinski definition) is 2. The lowest BCUT2D eigenvalue weighted by Gasteiger charge is -2.10. The zero-order valence-electron chi connectivity index (χ0n) is 16.5. The van der Waals surface area contributed by atoms with E-state index in [9.17, 15) is 4.79 Å². The van der Waals surface area contributed by atoms with Crippen LogP contribution >= 0.6 is 11.8 Å². The molecule has 1 atom stereocenters. The molecule has 3 aromatic rings. The Morgan fingerprint density at radius 2 is 2.03 bits per heavy atom. The first-order chi connectivity index (χ1) is 14.2. The number of aromatic amines is 1. The van der Waals surface area contributed by atoms with Gasteiger partial charge in [0.25, 0.3) is 0 Å². The van der Waals surface area contributed by atoms with E-state index in [-0.39, 0.29) is 12.0 Å². The lowest BCUT2D eigenvalue weighted by molar-refractivity contribution is -0.119. The Labute approximate surface area is 175 Å². The van der Waals surface area contributed by atoms with Crippen LogP contribution in [0.3, 0.4) is 0 Å². The molecule has 29 heavy (non-hydrogen) atoms. The third-order valence-corrected chi connectivity index (χ3v) is 5.89. The zero-order chi connectivity index (χ0) is 20.1. The number of benzene rings is 2. The van der Waals surface area contributed by atoms with Crippen LogP contribution < -0.4 is 5.32 Å². The van der Waals surface area contributed by atoms with Gasteiger partial charge in [-0.1, -0.05) is 65.9 Å². The molecule has 1 aliphatic rings. The number of rotatable bonds is 7. The number of ether oxygens (including phenoxy) is 1. The molecule has 0 unspecified atom stereocenters. The summed E-state index contributed by atoms with van der Waals surface area (Å²) >= 11 is 1.46. The van der Waals surface area contributed by atoms with Crippen molar-refractivity contribution >= 4 is 17.7 Å². The maximum Gasteiger partial charge on any atom is 0.230 e. The molecule has 150 valence electrons. The maximum absolute atomic E-state index is 12.3. The minimum absolute atomic E-state index is 0.00428. The van der Waals surface area contributed by atoms with Crippen LogP contribution in [0.15, 0.2) is 59.6 Å². The lowest BCUT2D eigenvalue weighted by atomic mass is 10.1. The van der Waals surface area contributed by atoms with Crippen molar-refractivity contribution in [3.05, 3.63) is 60.2 Å². The number of carbonyl (C=O) groups excluding carboxylic acids is 1. The number of amides is 1. The molecule has 0 bridgehead atoms. The van der Waals surface area contributed by atoms with E-state index in [1.54, 1.807) is 0 Å². The highest BCUT2D eigenvalue weighted by atomic mass is 32.2. The van der Waals surface area contributed by atoms with Crippen molar-refractivity contribution in [1.29, 1.82) is 0 Å². The van der Waals surface area contributed by atoms with Gasteiger partial charge in [0.2, 0.25) is 5.91 Å². The highest BCUT2D eigenvalue weighted by molar-refractivity contribution is 8.00. The van der Waals surface area contributed by atoms with Gasteiger partial charge < -0.3 is 15.0 Å². The van der Waals surface area contributed by atoms with Crippen molar-refractivity contribution in [2.24, 2.45) is 0 Å². The second-order valence-electron chi connectivity index (χ2n) is 7.23. The predicted molar refractivity (Wildman–Crippen MR) is 117 cm³/mol. The Morgan fingerprint density at radius 3 is 2.79 bits per heavy atom. The van der Waals surface area contributed by atoms with E-state index < -0.39 is 0 Å². The molecule has 1 saturated heterocycles. The molecule has 1 aliphatic heterocycles. The minimum Gasteiger partial charge on any atom is -0.376 e. The van der Waals surface area contributed by atoms with Gasteiger partial charge in [-0.3, -0.25) is 4.79 Å². The van der Waals surface area contributed by atoms with Gasteiger partial charge in [-0.15, -0.1) is 0 Å². The number of aryl methyl sites for hydroxylation is 1. The largest absolute Gasteiger partial charge is 0.376 e. The highest BCUT2D eigenvalue weighted by Crippen LogP contribution is 2.32. The summed E-state index contributed by atoms with van der Waals surface area (Å²) in [6.45, 7) is 3.45. The van der Waals surface area contributed by atoms with Crippen molar-refractivity contribution < 1.29 is 9.53 Å². The van der Waals surface area contributed by atoms with Gasteiger partial charge in [0.1, 0.15) is 10.9 Å². The van der Waals surface area contributed by atoms with Gasteiger partial charge >= 0.3 is 0 Å². The van der Waals surface area contributed by atoms with Crippen molar-refractivity contribution in [3.63, 3.8) is 0 Å². The fourth-order valence-electron chi connectivity index (χ4n) is 3.41. The molecule has 0 aliphatic carbocycles. The summed E-state index contributed by atoms with van der Waals surface area (Å²) in [5.74, 6) is 1.14. The number of carbonyl (C=O) groups is 1. The predicted octanol–water partition coefficient (Wildman–Crippen LogP) is 4.44. The second-order valence-corrected chi connectivity index (χ2v) is 8.19. The zero-order valence-corrected chi connectivity index (χ0v) is 17.3. The summed E-state index contributed by atoms with van der Waals surface area (Å²) in [6.07, 6.45) is 2.25. The van der Waals surface area contributed by atoms with Crippen molar-refractivity contribution in [3.8, 4) is 22.6 Å². The Balaban J connectivity index is 1.50. The number of imidazole rings is 1. The van der Waals surface area contributed by atoms with Crippen LogP contribution in [0.1, 0.15) is 18.4 Å². The topological polar surface area (TPSA) is 67.0 Å². The first kappa shape index (κ1) is 19.7. The van der Waals surface area contributed by atoms with Gasteiger partial charge in [-0.05, 0) is 25.8 Å². The number of aromatic nitrogens is 2. The third kappa shape index (κ3) is 5.08. The first-order valence-corrected chi connectivity index (χ1v) is 10.9. The molecule has 2 heterocycles. The Morgan fingerprint density at radius 1 is 1.21 bits per heavy atom. The molecule has 2 aromatic carbocycles. The molecular weight excluding hydrogens is 382 g/mol. The van der Waals surface area contributed by atoms with Crippen LogP contribution in [0, 0.1) is 6.92 Å². The average molecular weight is 408 g/mol. The molecule has 0 saturated carbocycles.